The summed E-state index contributed by atoms with van der Waals surface area (Å²) in [6.45, 7) is 6.75. The molecular weight excluding hydrogens is 261 g/mol. The molecule has 12 heavy (non-hydrogen) atoms. The summed E-state index contributed by atoms with van der Waals surface area (Å²) in [6, 6.07) is 1.06. The summed E-state index contributed by atoms with van der Waals surface area (Å²) in [7, 11) is 0. The zero-order valence-corrected chi connectivity index (χ0v) is 10.2. The van der Waals surface area contributed by atoms with E-state index in [0.29, 0.717) is 0 Å². The Bertz CT molecular complexity index is 149. The van der Waals surface area contributed by atoms with E-state index >= 15 is 0 Å². The number of hydrogen-bond acceptors (Lipinski definition) is 0. The second-order valence-electron chi connectivity index (χ2n) is 4.27. The molecule has 0 spiro atoms. The van der Waals surface area contributed by atoms with E-state index < -0.39 is 0 Å². The van der Waals surface area contributed by atoms with Gasteiger partial charge in [0.15, 0.2) is 0 Å². The Balaban J connectivity index is 0.000000720. The number of fused-ring (bicyclic) bond motifs is 1. The fourth-order valence-corrected chi connectivity index (χ4v) is 3.19. The lowest BCUT2D eigenvalue weighted by atomic mass is 10.00. The molecule has 2 aliphatic rings. The van der Waals surface area contributed by atoms with Crippen molar-refractivity contribution in [2.24, 2.45) is 0 Å². The molecule has 2 heterocycles. The average molecular weight is 281 g/mol. The largest absolute Gasteiger partial charge is 1.00 e. The number of rotatable bonds is 1. The van der Waals surface area contributed by atoms with E-state index in [4.69, 9.17) is 0 Å². The van der Waals surface area contributed by atoms with Crippen LogP contribution in [0.4, 0.5) is 0 Å². The van der Waals surface area contributed by atoms with Gasteiger partial charge < -0.3 is 28.5 Å². The van der Waals surface area contributed by atoms with Crippen LogP contribution < -0.4 is 24.0 Å². The minimum absolute atomic E-state index is 0. The zero-order chi connectivity index (χ0) is 7.73. The van der Waals surface area contributed by atoms with Crippen molar-refractivity contribution < 1.29 is 28.5 Å². The maximum atomic E-state index is 2.38. The second-order valence-corrected chi connectivity index (χ2v) is 4.27. The van der Waals surface area contributed by atoms with Crippen molar-refractivity contribution >= 4 is 0 Å². The van der Waals surface area contributed by atoms with E-state index in [2.05, 4.69) is 6.92 Å². The minimum Gasteiger partial charge on any atom is -1.00 e. The maximum absolute atomic E-state index is 2.38. The normalized spacial score (nSPS) is 40.2. The van der Waals surface area contributed by atoms with Gasteiger partial charge in [-0.2, -0.15) is 0 Å². The van der Waals surface area contributed by atoms with Gasteiger partial charge in [0.25, 0.3) is 0 Å². The molecule has 0 N–H and O–H groups in total. The Morgan fingerprint density at radius 3 is 2.42 bits per heavy atom. The quantitative estimate of drug-likeness (QED) is 0.435. The average Bonchev–Trinajstić information content (AvgIpc) is 2.48. The van der Waals surface area contributed by atoms with Crippen LogP contribution in [-0.4, -0.2) is 30.2 Å². The first-order valence-corrected chi connectivity index (χ1v) is 5.23. The van der Waals surface area contributed by atoms with Crippen molar-refractivity contribution in [3.8, 4) is 0 Å². The predicted molar refractivity (Wildman–Crippen MR) is 47.4 cm³/mol. The van der Waals surface area contributed by atoms with Crippen molar-refractivity contribution in [3.05, 3.63) is 0 Å². The van der Waals surface area contributed by atoms with Crippen LogP contribution >= 0.6 is 0 Å². The Hall–Kier alpha value is 0.690. The van der Waals surface area contributed by atoms with Crippen LogP contribution in [0.3, 0.4) is 0 Å². The first kappa shape index (κ1) is 10.8. The first-order chi connectivity index (χ1) is 5.37. The third kappa shape index (κ3) is 1.65. The minimum atomic E-state index is 0. The first-order valence-electron chi connectivity index (χ1n) is 5.23. The highest BCUT2D eigenvalue weighted by molar-refractivity contribution is 4.72. The summed E-state index contributed by atoms with van der Waals surface area (Å²) in [6.07, 6.45) is 7.54. The number of hydrogen-bond donors (Lipinski definition) is 0. The van der Waals surface area contributed by atoms with Gasteiger partial charge in [0.1, 0.15) is 0 Å². The van der Waals surface area contributed by atoms with Gasteiger partial charge in [-0.25, -0.2) is 0 Å². The van der Waals surface area contributed by atoms with Gasteiger partial charge in [-0.05, 0) is 26.2 Å². The summed E-state index contributed by atoms with van der Waals surface area (Å²) in [5, 5.41) is 0. The highest BCUT2D eigenvalue weighted by Gasteiger charge is 2.41. The molecule has 0 aromatic carbocycles. The molecule has 2 saturated heterocycles. The Labute approximate surface area is 93.1 Å². The SMILES string of the molecule is CC[N+]12CCCCC1CCC2.[I-]. The molecule has 2 rings (SSSR count). The maximum Gasteiger partial charge on any atom is 0.0892 e. The third-order valence-corrected chi connectivity index (χ3v) is 3.94. The van der Waals surface area contributed by atoms with Crippen LogP contribution in [-0.2, 0) is 0 Å². The molecule has 0 aromatic rings. The number of nitrogens with zero attached hydrogens (tertiary/aromatic N) is 1. The molecule has 0 aromatic heterocycles. The van der Waals surface area contributed by atoms with Gasteiger partial charge in [0.2, 0.25) is 0 Å². The van der Waals surface area contributed by atoms with Gasteiger partial charge in [-0.1, -0.05) is 0 Å². The van der Waals surface area contributed by atoms with Gasteiger partial charge >= 0.3 is 0 Å². The summed E-state index contributed by atoms with van der Waals surface area (Å²) in [5.41, 5.74) is 0. The fourth-order valence-electron chi connectivity index (χ4n) is 3.19. The Morgan fingerprint density at radius 2 is 1.75 bits per heavy atom. The van der Waals surface area contributed by atoms with E-state index in [9.17, 15) is 0 Å². The van der Waals surface area contributed by atoms with Gasteiger partial charge in [-0.15, -0.1) is 0 Å². The third-order valence-electron chi connectivity index (χ3n) is 3.94. The van der Waals surface area contributed by atoms with Crippen molar-refractivity contribution in [2.75, 3.05) is 19.6 Å². The monoisotopic (exact) mass is 281 g/mol. The van der Waals surface area contributed by atoms with E-state index in [1.54, 1.807) is 0 Å². The van der Waals surface area contributed by atoms with Crippen LogP contribution in [0.1, 0.15) is 39.0 Å². The van der Waals surface area contributed by atoms with Gasteiger partial charge in [-0.3, -0.25) is 0 Å². The van der Waals surface area contributed by atoms with Crippen LogP contribution in [0, 0.1) is 0 Å². The zero-order valence-electron chi connectivity index (χ0n) is 8.06. The molecule has 2 atom stereocenters. The summed E-state index contributed by atoms with van der Waals surface area (Å²) in [4.78, 5) is 0. The summed E-state index contributed by atoms with van der Waals surface area (Å²) in [5.74, 6) is 0. The lowest BCUT2D eigenvalue weighted by Crippen LogP contribution is -3.00. The van der Waals surface area contributed by atoms with Crippen LogP contribution in [0.5, 0.6) is 0 Å². The molecule has 0 saturated carbocycles. The van der Waals surface area contributed by atoms with Crippen molar-refractivity contribution in [1.29, 1.82) is 0 Å². The number of quaternary nitrogens is 1. The molecule has 2 aliphatic heterocycles. The van der Waals surface area contributed by atoms with Gasteiger partial charge in [0.05, 0.1) is 25.7 Å². The highest BCUT2D eigenvalue weighted by Crippen LogP contribution is 2.34. The smallest absolute Gasteiger partial charge is 0.0892 e. The molecule has 2 fully saturated rings. The molecule has 0 bridgehead atoms. The highest BCUT2D eigenvalue weighted by atomic mass is 127. The van der Waals surface area contributed by atoms with Crippen LogP contribution in [0.15, 0.2) is 0 Å². The van der Waals surface area contributed by atoms with Crippen molar-refractivity contribution in [1.82, 2.24) is 0 Å². The molecule has 0 amide bonds. The molecule has 2 heteroatoms. The molecule has 0 aliphatic carbocycles. The fraction of sp³-hybridized carbons (Fsp3) is 1.00. The van der Waals surface area contributed by atoms with Crippen molar-refractivity contribution in [3.63, 3.8) is 0 Å². The predicted octanol–water partition coefficient (Wildman–Crippen LogP) is -0.827. The lowest BCUT2D eigenvalue weighted by molar-refractivity contribution is -0.942. The summed E-state index contributed by atoms with van der Waals surface area (Å²) < 4.78 is 1.49. The Morgan fingerprint density at radius 1 is 1.08 bits per heavy atom. The molecular formula is C10H20IN. The van der Waals surface area contributed by atoms with E-state index in [1.807, 2.05) is 0 Å². The molecule has 72 valence electrons. The topological polar surface area (TPSA) is 0 Å². The van der Waals surface area contributed by atoms with E-state index in [1.165, 1.54) is 56.2 Å². The van der Waals surface area contributed by atoms with Crippen LogP contribution in [0.25, 0.3) is 0 Å². The number of halogens is 1. The van der Waals surface area contributed by atoms with Crippen molar-refractivity contribution in [2.45, 2.75) is 45.1 Å². The van der Waals surface area contributed by atoms with E-state index in [0.717, 1.165) is 6.04 Å². The Kier molecular flexibility index (Phi) is 3.83. The second kappa shape index (κ2) is 4.27. The number of piperidine rings is 1. The van der Waals surface area contributed by atoms with Gasteiger partial charge in [0, 0.05) is 12.8 Å². The van der Waals surface area contributed by atoms with E-state index in [-0.39, 0.29) is 24.0 Å². The lowest BCUT2D eigenvalue weighted by Gasteiger charge is -2.42. The molecule has 2 unspecified atom stereocenters. The summed E-state index contributed by atoms with van der Waals surface area (Å²) >= 11 is 0. The standard InChI is InChI=1S/C10H20N.HI/c1-2-11-8-4-3-6-10(11)7-5-9-11;/h10H,2-9H2,1H3;1H/q+1;/p-1. The molecule has 1 nitrogen and oxygen atoms in total. The van der Waals surface area contributed by atoms with Crippen LogP contribution in [0.2, 0.25) is 0 Å². The molecule has 0 radical (unpaired) electrons.